The predicted molar refractivity (Wildman–Crippen MR) is 83.0 cm³/mol. The SMILES string of the molecule is CC1(C)OB(c2c(O)cc3ccccc3c2O)OC1(C)C. The third kappa shape index (κ3) is 2.08. The van der Waals surface area contributed by atoms with Gasteiger partial charge in [-0.05, 0) is 39.1 Å². The quantitative estimate of drug-likeness (QED) is 0.791. The van der Waals surface area contributed by atoms with Crippen LogP contribution in [-0.4, -0.2) is 28.5 Å². The highest BCUT2D eigenvalue weighted by Crippen LogP contribution is 2.39. The summed E-state index contributed by atoms with van der Waals surface area (Å²) in [5.74, 6) is -0.0196. The summed E-state index contributed by atoms with van der Waals surface area (Å²) in [4.78, 5) is 0. The van der Waals surface area contributed by atoms with Crippen LogP contribution in [0.15, 0.2) is 30.3 Å². The molecule has 5 heteroatoms. The van der Waals surface area contributed by atoms with Gasteiger partial charge in [-0.15, -0.1) is 0 Å². The highest BCUT2D eigenvalue weighted by atomic mass is 16.7. The Bertz CT molecular complexity index is 693. The number of hydrogen-bond donors (Lipinski definition) is 2. The van der Waals surface area contributed by atoms with E-state index in [4.69, 9.17) is 9.31 Å². The Hall–Kier alpha value is -1.72. The van der Waals surface area contributed by atoms with Crippen LogP contribution in [0.25, 0.3) is 10.8 Å². The van der Waals surface area contributed by atoms with E-state index in [2.05, 4.69) is 0 Å². The fourth-order valence-electron chi connectivity index (χ4n) is 2.52. The van der Waals surface area contributed by atoms with Gasteiger partial charge in [0.1, 0.15) is 11.5 Å². The van der Waals surface area contributed by atoms with E-state index in [1.165, 1.54) is 0 Å². The summed E-state index contributed by atoms with van der Waals surface area (Å²) in [6.07, 6.45) is 0. The summed E-state index contributed by atoms with van der Waals surface area (Å²) in [6.45, 7) is 7.73. The van der Waals surface area contributed by atoms with E-state index >= 15 is 0 Å². The van der Waals surface area contributed by atoms with Crippen molar-refractivity contribution in [3.05, 3.63) is 30.3 Å². The topological polar surface area (TPSA) is 58.9 Å². The first-order chi connectivity index (χ1) is 9.73. The summed E-state index contributed by atoms with van der Waals surface area (Å²) >= 11 is 0. The van der Waals surface area contributed by atoms with E-state index in [1.807, 2.05) is 45.9 Å². The highest BCUT2D eigenvalue weighted by molar-refractivity contribution is 6.64. The summed E-state index contributed by atoms with van der Waals surface area (Å²) < 4.78 is 11.8. The Labute approximate surface area is 124 Å². The fourth-order valence-corrected chi connectivity index (χ4v) is 2.52. The molecule has 0 radical (unpaired) electrons. The van der Waals surface area contributed by atoms with Crippen LogP contribution in [0.5, 0.6) is 11.5 Å². The molecule has 2 aromatic carbocycles. The Kier molecular flexibility index (Phi) is 2.97. The molecule has 0 bridgehead atoms. The zero-order valence-corrected chi connectivity index (χ0v) is 12.7. The summed E-state index contributed by atoms with van der Waals surface area (Å²) in [7, 11) is -0.792. The van der Waals surface area contributed by atoms with Crippen molar-refractivity contribution >= 4 is 23.4 Å². The lowest BCUT2D eigenvalue weighted by atomic mass is 9.76. The van der Waals surface area contributed by atoms with Crippen LogP contribution >= 0.6 is 0 Å². The molecule has 3 rings (SSSR count). The zero-order valence-electron chi connectivity index (χ0n) is 12.7. The van der Waals surface area contributed by atoms with Crippen molar-refractivity contribution in [1.82, 2.24) is 0 Å². The minimum Gasteiger partial charge on any atom is -0.508 e. The molecule has 0 aromatic heterocycles. The normalized spacial score (nSPS) is 20.1. The molecule has 0 saturated carbocycles. The van der Waals surface area contributed by atoms with Gasteiger partial charge in [0, 0.05) is 5.39 Å². The standard InChI is InChI=1S/C16H19BO4/c1-15(2)16(3,4)21-17(20-15)13-12(18)9-10-7-5-6-8-11(10)14(13)19/h5-9,18-19H,1-4H3. The van der Waals surface area contributed by atoms with E-state index in [1.54, 1.807) is 12.1 Å². The second kappa shape index (κ2) is 4.39. The van der Waals surface area contributed by atoms with Crippen molar-refractivity contribution in [2.45, 2.75) is 38.9 Å². The van der Waals surface area contributed by atoms with Gasteiger partial charge in [-0.1, -0.05) is 24.3 Å². The van der Waals surface area contributed by atoms with E-state index in [-0.39, 0.29) is 17.0 Å². The monoisotopic (exact) mass is 286 g/mol. The Morgan fingerprint density at radius 1 is 0.952 bits per heavy atom. The van der Waals surface area contributed by atoms with Gasteiger partial charge in [-0.25, -0.2) is 0 Å². The summed E-state index contributed by atoms with van der Waals surface area (Å²) in [5, 5.41) is 22.2. The van der Waals surface area contributed by atoms with Crippen LogP contribution in [0.3, 0.4) is 0 Å². The average Bonchev–Trinajstić information content (AvgIpc) is 2.58. The van der Waals surface area contributed by atoms with Gasteiger partial charge in [0.15, 0.2) is 0 Å². The smallest absolute Gasteiger partial charge is 0.502 e. The second-order valence-electron chi connectivity index (χ2n) is 6.47. The minimum atomic E-state index is -0.792. The molecule has 1 heterocycles. The zero-order chi connectivity index (χ0) is 15.4. The van der Waals surface area contributed by atoms with E-state index in [0.29, 0.717) is 5.39 Å². The van der Waals surface area contributed by atoms with Crippen LogP contribution in [0, 0.1) is 0 Å². The van der Waals surface area contributed by atoms with Crippen molar-refractivity contribution in [2.75, 3.05) is 0 Å². The largest absolute Gasteiger partial charge is 0.508 e. The molecule has 1 fully saturated rings. The molecule has 0 amide bonds. The lowest BCUT2D eigenvalue weighted by Crippen LogP contribution is -2.41. The molecular formula is C16H19BO4. The van der Waals surface area contributed by atoms with Gasteiger partial charge in [-0.2, -0.15) is 0 Å². The maximum atomic E-state index is 10.5. The molecule has 2 aromatic rings. The lowest BCUT2D eigenvalue weighted by molar-refractivity contribution is 0.00578. The van der Waals surface area contributed by atoms with E-state index in [0.717, 1.165) is 5.39 Å². The van der Waals surface area contributed by atoms with Crippen LogP contribution in [0.2, 0.25) is 0 Å². The van der Waals surface area contributed by atoms with Crippen LogP contribution in [0.1, 0.15) is 27.7 Å². The van der Waals surface area contributed by atoms with Gasteiger partial charge in [0.2, 0.25) is 0 Å². The molecule has 0 unspecified atom stereocenters. The van der Waals surface area contributed by atoms with E-state index < -0.39 is 18.3 Å². The van der Waals surface area contributed by atoms with Crippen LogP contribution < -0.4 is 5.46 Å². The Morgan fingerprint density at radius 3 is 2.14 bits per heavy atom. The first kappa shape index (κ1) is 14.2. The molecule has 0 aliphatic carbocycles. The minimum absolute atomic E-state index is 0.00380. The van der Waals surface area contributed by atoms with Crippen molar-refractivity contribution in [2.24, 2.45) is 0 Å². The third-order valence-corrected chi connectivity index (χ3v) is 4.53. The number of fused-ring (bicyclic) bond motifs is 1. The van der Waals surface area contributed by atoms with Gasteiger partial charge in [-0.3, -0.25) is 0 Å². The van der Waals surface area contributed by atoms with Gasteiger partial charge in [0.05, 0.1) is 16.7 Å². The first-order valence-electron chi connectivity index (χ1n) is 7.02. The average molecular weight is 286 g/mol. The fraction of sp³-hybridized carbons (Fsp3) is 0.375. The van der Waals surface area contributed by atoms with Crippen LogP contribution in [0.4, 0.5) is 0 Å². The number of hydrogen-bond acceptors (Lipinski definition) is 4. The van der Waals surface area contributed by atoms with Crippen molar-refractivity contribution in [3.8, 4) is 11.5 Å². The van der Waals surface area contributed by atoms with Crippen LogP contribution in [-0.2, 0) is 9.31 Å². The third-order valence-electron chi connectivity index (χ3n) is 4.53. The second-order valence-corrected chi connectivity index (χ2v) is 6.47. The van der Waals surface area contributed by atoms with Gasteiger partial charge < -0.3 is 19.5 Å². The molecule has 1 saturated heterocycles. The van der Waals surface area contributed by atoms with E-state index in [9.17, 15) is 10.2 Å². The molecule has 2 N–H and O–H groups in total. The van der Waals surface area contributed by atoms with Crippen molar-refractivity contribution < 1.29 is 19.5 Å². The molecule has 4 nitrogen and oxygen atoms in total. The Morgan fingerprint density at radius 2 is 1.52 bits per heavy atom. The molecule has 1 aliphatic heterocycles. The summed E-state index contributed by atoms with van der Waals surface area (Å²) in [6, 6.07) is 8.96. The number of phenolic OH excluding ortho intramolecular Hbond substituents is 2. The lowest BCUT2D eigenvalue weighted by Gasteiger charge is -2.32. The highest BCUT2D eigenvalue weighted by Gasteiger charge is 2.53. The Balaban J connectivity index is 2.14. The maximum absolute atomic E-state index is 10.5. The molecule has 21 heavy (non-hydrogen) atoms. The number of benzene rings is 2. The maximum Gasteiger partial charge on any atom is 0.502 e. The molecular weight excluding hydrogens is 267 g/mol. The molecule has 110 valence electrons. The molecule has 0 spiro atoms. The van der Waals surface area contributed by atoms with Crippen molar-refractivity contribution in [3.63, 3.8) is 0 Å². The molecule has 0 atom stereocenters. The van der Waals surface area contributed by atoms with Gasteiger partial charge in [0.25, 0.3) is 0 Å². The summed E-state index contributed by atoms with van der Waals surface area (Å²) in [5.41, 5.74) is -0.767. The number of aromatic hydroxyl groups is 2. The van der Waals surface area contributed by atoms with Crippen molar-refractivity contribution in [1.29, 1.82) is 0 Å². The number of phenols is 2. The number of rotatable bonds is 1. The molecule has 1 aliphatic rings. The first-order valence-corrected chi connectivity index (χ1v) is 7.02. The predicted octanol–water partition coefficient (Wildman–Crippen LogP) is 2.55. The van der Waals surface area contributed by atoms with Gasteiger partial charge >= 0.3 is 7.12 Å².